The molecule has 156 valence electrons. The third kappa shape index (κ3) is 5.14. The normalized spacial score (nSPS) is 12.9. The molecule has 0 aliphatic carbocycles. The van der Waals surface area contributed by atoms with E-state index in [1.54, 1.807) is 11.8 Å². The maximum absolute atomic E-state index is 12.6. The van der Waals surface area contributed by atoms with Gasteiger partial charge in [0.15, 0.2) is 0 Å². The van der Waals surface area contributed by atoms with Gasteiger partial charge in [0.1, 0.15) is 5.60 Å². The van der Waals surface area contributed by atoms with E-state index in [0.29, 0.717) is 5.75 Å². The van der Waals surface area contributed by atoms with Crippen LogP contribution >= 0.6 is 11.8 Å². The molecule has 2 nitrogen and oxygen atoms in total. The zero-order valence-corrected chi connectivity index (χ0v) is 19.0. The molecule has 0 unspecified atom stereocenters. The second kappa shape index (κ2) is 9.53. The summed E-state index contributed by atoms with van der Waals surface area (Å²) in [5.41, 5.74) is 3.11. The van der Waals surface area contributed by atoms with E-state index < -0.39 is 10.3 Å². The highest BCUT2D eigenvalue weighted by Gasteiger charge is 2.38. The van der Waals surface area contributed by atoms with E-state index in [9.17, 15) is 4.79 Å². The van der Waals surface area contributed by atoms with Crippen LogP contribution in [0, 0.1) is 5.92 Å². The van der Waals surface area contributed by atoms with Crippen molar-refractivity contribution < 1.29 is 9.53 Å². The van der Waals surface area contributed by atoms with Crippen LogP contribution in [0.2, 0.25) is 0 Å². The summed E-state index contributed by atoms with van der Waals surface area (Å²) in [6.45, 7) is 7.68. The molecule has 1 atom stereocenters. The second-order valence-electron chi connectivity index (χ2n) is 8.52. The second-order valence-corrected chi connectivity index (χ2v) is 9.76. The molecule has 3 heteroatoms. The van der Waals surface area contributed by atoms with Crippen molar-refractivity contribution in [2.45, 2.75) is 38.0 Å². The van der Waals surface area contributed by atoms with Gasteiger partial charge in [-0.2, -0.15) is 0 Å². The van der Waals surface area contributed by atoms with Crippen LogP contribution in [0.5, 0.6) is 0 Å². The molecule has 3 aromatic carbocycles. The number of benzene rings is 3. The van der Waals surface area contributed by atoms with Crippen LogP contribution in [0.1, 0.15) is 44.4 Å². The first-order valence-corrected chi connectivity index (χ1v) is 11.3. The SMILES string of the molecule is C[C@@H](CSC(c1ccccc1)(c1ccccc1)c1ccccc1)C(=O)OC(C)(C)C. The van der Waals surface area contributed by atoms with E-state index in [1.165, 1.54) is 16.7 Å². The molecule has 3 rings (SSSR count). The van der Waals surface area contributed by atoms with Crippen molar-refractivity contribution in [3.8, 4) is 0 Å². The van der Waals surface area contributed by atoms with Gasteiger partial charge in [0, 0.05) is 5.75 Å². The average molecular weight is 419 g/mol. The Kier molecular flexibility index (Phi) is 7.04. The fourth-order valence-electron chi connectivity index (χ4n) is 3.49. The minimum atomic E-state index is -0.481. The Morgan fingerprint density at radius 1 is 0.767 bits per heavy atom. The van der Waals surface area contributed by atoms with E-state index in [1.807, 2.05) is 45.9 Å². The maximum Gasteiger partial charge on any atom is 0.310 e. The molecular formula is C27H30O2S. The van der Waals surface area contributed by atoms with Gasteiger partial charge in [-0.1, -0.05) is 97.9 Å². The van der Waals surface area contributed by atoms with Crippen molar-refractivity contribution in [1.29, 1.82) is 0 Å². The molecule has 0 aromatic heterocycles. The number of carbonyl (C=O) groups excluding carboxylic acids is 1. The molecule has 0 radical (unpaired) electrons. The summed E-state index contributed by atoms with van der Waals surface area (Å²) in [5, 5.41) is 0. The van der Waals surface area contributed by atoms with E-state index in [0.717, 1.165) is 0 Å². The van der Waals surface area contributed by atoms with E-state index in [4.69, 9.17) is 4.74 Å². The minimum absolute atomic E-state index is 0.155. The minimum Gasteiger partial charge on any atom is -0.460 e. The van der Waals surface area contributed by atoms with Crippen LogP contribution in [-0.4, -0.2) is 17.3 Å². The van der Waals surface area contributed by atoms with Gasteiger partial charge in [-0.3, -0.25) is 4.79 Å². The van der Waals surface area contributed by atoms with Crippen LogP contribution in [0.3, 0.4) is 0 Å². The van der Waals surface area contributed by atoms with E-state index >= 15 is 0 Å². The highest BCUT2D eigenvalue weighted by Crippen LogP contribution is 2.49. The fraction of sp³-hybridized carbons (Fsp3) is 0.296. The van der Waals surface area contributed by atoms with Crippen molar-refractivity contribution >= 4 is 17.7 Å². The standard InChI is InChI=1S/C27H30O2S/c1-21(25(28)29-26(2,3)4)20-30-27(22-14-8-5-9-15-22,23-16-10-6-11-17-23)24-18-12-7-13-19-24/h5-19,21H,20H2,1-4H3/t21-/m0/s1. The number of rotatable bonds is 7. The lowest BCUT2D eigenvalue weighted by molar-refractivity contribution is -0.158. The van der Waals surface area contributed by atoms with Crippen LogP contribution in [0.25, 0.3) is 0 Å². The molecule has 0 bridgehead atoms. The number of ether oxygens (including phenoxy) is 1. The third-order valence-electron chi connectivity index (χ3n) is 4.90. The monoisotopic (exact) mass is 418 g/mol. The maximum atomic E-state index is 12.6. The van der Waals surface area contributed by atoms with Gasteiger partial charge < -0.3 is 4.74 Å². The van der Waals surface area contributed by atoms with E-state index in [-0.39, 0.29) is 11.9 Å². The third-order valence-corrected chi connectivity index (χ3v) is 6.71. The molecular weight excluding hydrogens is 388 g/mol. The quantitative estimate of drug-likeness (QED) is 0.316. The first kappa shape index (κ1) is 22.2. The molecule has 0 spiro atoms. The summed E-state index contributed by atoms with van der Waals surface area (Å²) >= 11 is 1.79. The average Bonchev–Trinajstić information content (AvgIpc) is 2.75. The zero-order chi connectivity index (χ0) is 21.6. The first-order valence-electron chi connectivity index (χ1n) is 10.4. The predicted octanol–water partition coefficient (Wildman–Crippen LogP) is 6.69. The lowest BCUT2D eigenvalue weighted by atomic mass is 9.84. The first-order chi connectivity index (χ1) is 14.3. The smallest absolute Gasteiger partial charge is 0.310 e. The Morgan fingerprint density at radius 3 is 1.47 bits per heavy atom. The van der Waals surface area contributed by atoms with Gasteiger partial charge in [-0.15, -0.1) is 11.8 Å². The van der Waals surface area contributed by atoms with Crippen molar-refractivity contribution in [3.63, 3.8) is 0 Å². The highest BCUT2D eigenvalue weighted by molar-refractivity contribution is 8.00. The van der Waals surface area contributed by atoms with Gasteiger partial charge in [-0.25, -0.2) is 0 Å². The summed E-state index contributed by atoms with van der Waals surface area (Å²) in [6, 6.07) is 31.6. The van der Waals surface area contributed by atoms with Crippen LogP contribution in [0.15, 0.2) is 91.0 Å². The highest BCUT2D eigenvalue weighted by atomic mass is 32.2. The predicted molar refractivity (Wildman–Crippen MR) is 127 cm³/mol. The molecule has 0 saturated heterocycles. The Hall–Kier alpha value is -2.52. The number of hydrogen-bond acceptors (Lipinski definition) is 3. The Balaban J connectivity index is 2.05. The molecule has 30 heavy (non-hydrogen) atoms. The molecule has 0 amide bonds. The molecule has 0 N–H and O–H groups in total. The lowest BCUT2D eigenvalue weighted by Crippen LogP contribution is -2.31. The van der Waals surface area contributed by atoms with Gasteiger partial charge >= 0.3 is 5.97 Å². The van der Waals surface area contributed by atoms with Crippen LogP contribution in [0.4, 0.5) is 0 Å². The number of esters is 1. The topological polar surface area (TPSA) is 26.3 Å². The van der Waals surface area contributed by atoms with Gasteiger partial charge in [0.25, 0.3) is 0 Å². The summed E-state index contributed by atoms with van der Waals surface area (Å²) in [6.07, 6.45) is 0. The van der Waals surface area contributed by atoms with Crippen molar-refractivity contribution in [1.82, 2.24) is 0 Å². The van der Waals surface area contributed by atoms with Crippen molar-refractivity contribution in [2.24, 2.45) is 5.92 Å². The largest absolute Gasteiger partial charge is 0.460 e. The van der Waals surface area contributed by atoms with Crippen molar-refractivity contribution in [2.75, 3.05) is 5.75 Å². The summed E-state index contributed by atoms with van der Waals surface area (Å²) in [5.74, 6) is 0.274. The summed E-state index contributed by atoms with van der Waals surface area (Å²) in [7, 11) is 0. The lowest BCUT2D eigenvalue weighted by Gasteiger charge is -2.36. The fourth-order valence-corrected chi connectivity index (χ4v) is 5.03. The summed E-state index contributed by atoms with van der Waals surface area (Å²) < 4.78 is 5.21. The summed E-state index contributed by atoms with van der Waals surface area (Å²) in [4.78, 5) is 12.6. The molecule has 0 aliphatic heterocycles. The Morgan fingerprint density at radius 2 is 1.13 bits per heavy atom. The van der Waals surface area contributed by atoms with E-state index in [2.05, 4.69) is 72.8 Å². The van der Waals surface area contributed by atoms with Gasteiger partial charge in [0.2, 0.25) is 0 Å². The molecule has 0 fully saturated rings. The molecule has 0 saturated carbocycles. The Labute approximate surface area is 184 Å². The zero-order valence-electron chi connectivity index (χ0n) is 18.2. The number of carbonyl (C=O) groups is 1. The van der Waals surface area contributed by atoms with Crippen LogP contribution < -0.4 is 0 Å². The number of hydrogen-bond donors (Lipinski definition) is 0. The number of thioether (sulfide) groups is 1. The Bertz CT molecular complexity index is 834. The molecule has 3 aromatic rings. The van der Waals surface area contributed by atoms with Gasteiger partial charge in [0.05, 0.1) is 10.7 Å². The van der Waals surface area contributed by atoms with Gasteiger partial charge in [-0.05, 0) is 37.5 Å². The molecule has 0 heterocycles. The van der Waals surface area contributed by atoms with Crippen LogP contribution in [-0.2, 0) is 14.3 Å². The van der Waals surface area contributed by atoms with Crippen molar-refractivity contribution in [3.05, 3.63) is 108 Å². The molecule has 0 aliphatic rings.